The summed E-state index contributed by atoms with van der Waals surface area (Å²) in [5, 5.41) is 11.7. The molecule has 3 N–H and O–H groups in total. The van der Waals surface area contributed by atoms with Crippen molar-refractivity contribution < 1.29 is 9.90 Å². The smallest absolute Gasteiger partial charge is 0.328 e. The van der Waals surface area contributed by atoms with Crippen molar-refractivity contribution in [2.24, 2.45) is 0 Å². The van der Waals surface area contributed by atoms with Crippen LogP contribution in [0.5, 0.6) is 0 Å². The fourth-order valence-corrected chi connectivity index (χ4v) is 1.87. The standard InChI is InChI=1S/C13H15N3O2/c1-8-5-3-4-6-9(8)10-7-15-12(16-10)11(14-2)13(17)18/h3-7,11,14H,1-2H3,(H,15,16)(H,17,18). The van der Waals surface area contributed by atoms with Gasteiger partial charge in [-0.3, -0.25) is 4.79 Å². The van der Waals surface area contributed by atoms with Crippen molar-refractivity contribution in [2.75, 3.05) is 7.05 Å². The van der Waals surface area contributed by atoms with Crippen LogP contribution in [0.2, 0.25) is 0 Å². The average molecular weight is 245 g/mol. The predicted octanol–water partition coefficient (Wildman–Crippen LogP) is 1.73. The monoisotopic (exact) mass is 245 g/mol. The molecule has 0 saturated carbocycles. The van der Waals surface area contributed by atoms with Gasteiger partial charge in [0.2, 0.25) is 0 Å². The lowest BCUT2D eigenvalue weighted by molar-refractivity contribution is -0.139. The number of hydrogen-bond donors (Lipinski definition) is 3. The maximum Gasteiger partial charge on any atom is 0.328 e. The number of aromatic nitrogens is 2. The Balaban J connectivity index is 2.36. The fourth-order valence-electron chi connectivity index (χ4n) is 1.87. The Morgan fingerprint density at radius 2 is 2.17 bits per heavy atom. The van der Waals surface area contributed by atoms with Crippen molar-refractivity contribution in [3.8, 4) is 11.3 Å². The van der Waals surface area contributed by atoms with Crippen molar-refractivity contribution in [3.63, 3.8) is 0 Å². The van der Waals surface area contributed by atoms with Gasteiger partial charge >= 0.3 is 5.97 Å². The van der Waals surface area contributed by atoms with E-state index in [4.69, 9.17) is 5.11 Å². The summed E-state index contributed by atoms with van der Waals surface area (Å²) in [5.41, 5.74) is 2.96. The largest absolute Gasteiger partial charge is 0.480 e. The SMILES string of the molecule is CNC(C(=O)O)c1ncc(-c2ccccc2C)[nH]1. The van der Waals surface area contributed by atoms with Gasteiger partial charge < -0.3 is 15.4 Å². The minimum atomic E-state index is -0.955. The molecular weight excluding hydrogens is 230 g/mol. The summed E-state index contributed by atoms with van der Waals surface area (Å²) in [7, 11) is 1.59. The van der Waals surface area contributed by atoms with Crippen LogP contribution < -0.4 is 5.32 Å². The van der Waals surface area contributed by atoms with E-state index in [1.54, 1.807) is 13.2 Å². The molecule has 5 heteroatoms. The summed E-state index contributed by atoms with van der Waals surface area (Å²) >= 11 is 0. The van der Waals surface area contributed by atoms with E-state index in [1.165, 1.54) is 0 Å². The van der Waals surface area contributed by atoms with Gasteiger partial charge in [0, 0.05) is 5.56 Å². The number of hydrogen-bond acceptors (Lipinski definition) is 3. The van der Waals surface area contributed by atoms with Crippen LogP contribution in [0.3, 0.4) is 0 Å². The molecule has 18 heavy (non-hydrogen) atoms. The molecule has 0 aliphatic carbocycles. The summed E-state index contributed by atoms with van der Waals surface area (Å²) in [5.74, 6) is -0.550. The molecule has 1 atom stereocenters. The molecule has 1 heterocycles. The van der Waals surface area contributed by atoms with Crippen LogP contribution in [0.15, 0.2) is 30.5 Å². The van der Waals surface area contributed by atoms with Gasteiger partial charge in [-0.2, -0.15) is 0 Å². The fraction of sp³-hybridized carbons (Fsp3) is 0.231. The lowest BCUT2D eigenvalue weighted by Crippen LogP contribution is -2.26. The highest BCUT2D eigenvalue weighted by atomic mass is 16.4. The van der Waals surface area contributed by atoms with Crippen molar-refractivity contribution in [1.82, 2.24) is 15.3 Å². The summed E-state index contributed by atoms with van der Waals surface area (Å²) in [6, 6.07) is 7.06. The third-order valence-corrected chi connectivity index (χ3v) is 2.84. The van der Waals surface area contributed by atoms with E-state index in [0.717, 1.165) is 16.8 Å². The first-order chi connectivity index (χ1) is 8.63. The number of carbonyl (C=O) groups is 1. The molecule has 0 spiro atoms. The molecule has 1 aromatic carbocycles. The van der Waals surface area contributed by atoms with Gasteiger partial charge in [0.25, 0.3) is 0 Å². The predicted molar refractivity (Wildman–Crippen MR) is 68.2 cm³/mol. The van der Waals surface area contributed by atoms with Gasteiger partial charge in [0.1, 0.15) is 5.82 Å². The molecule has 1 unspecified atom stereocenters. The number of rotatable bonds is 4. The molecule has 0 amide bonds. The second kappa shape index (κ2) is 5.01. The maximum absolute atomic E-state index is 11.0. The van der Waals surface area contributed by atoms with Crippen LogP contribution in [0.4, 0.5) is 0 Å². The lowest BCUT2D eigenvalue weighted by atomic mass is 10.1. The van der Waals surface area contributed by atoms with Crippen molar-refractivity contribution in [2.45, 2.75) is 13.0 Å². The van der Waals surface area contributed by atoms with E-state index < -0.39 is 12.0 Å². The van der Waals surface area contributed by atoms with Crippen LogP contribution in [0.1, 0.15) is 17.4 Å². The first kappa shape index (κ1) is 12.3. The highest BCUT2D eigenvalue weighted by Crippen LogP contribution is 2.22. The van der Waals surface area contributed by atoms with Crippen LogP contribution in [-0.2, 0) is 4.79 Å². The van der Waals surface area contributed by atoms with Crippen molar-refractivity contribution in [1.29, 1.82) is 0 Å². The minimum Gasteiger partial charge on any atom is -0.480 e. The number of aromatic amines is 1. The zero-order chi connectivity index (χ0) is 13.1. The van der Waals surface area contributed by atoms with Crippen LogP contribution in [0.25, 0.3) is 11.3 Å². The molecule has 1 aromatic heterocycles. The summed E-state index contributed by atoms with van der Waals surface area (Å²) in [4.78, 5) is 18.2. The van der Waals surface area contributed by atoms with E-state index in [9.17, 15) is 4.79 Å². The molecule has 5 nitrogen and oxygen atoms in total. The number of benzene rings is 1. The van der Waals surface area contributed by atoms with Crippen molar-refractivity contribution >= 4 is 5.97 Å². The van der Waals surface area contributed by atoms with Crippen LogP contribution in [0, 0.1) is 6.92 Å². The Hall–Kier alpha value is -2.14. The number of imidazole rings is 1. The Morgan fingerprint density at radius 1 is 1.44 bits per heavy atom. The zero-order valence-corrected chi connectivity index (χ0v) is 10.3. The normalized spacial score (nSPS) is 12.3. The Morgan fingerprint density at radius 3 is 2.78 bits per heavy atom. The molecule has 0 aliphatic heterocycles. The van der Waals surface area contributed by atoms with Crippen LogP contribution >= 0.6 is 0 Å². The summed E-state index contributed by atoms with van der Waals surface area (Å²) < 4.78 is 0. The molecule has 2 aromatic rings. The maximum atomic E-state index is 11.0. The molecule has 94 valence electrons. The minimum absolute atomic E-state index is 0.406. The third-order valence-electron chi connectivity index (χ3n) is 2.84. The lowest BCUT2D eigenvalue weighted by Gasteiger charge is -2.07. The number of H-pyrrole nitrogens is 1. The first-order valence-electron chi connectivity index (χ1n) is 5.64. The van der Waals surface area contributed by atoms with E-state index >= 15 is 0 Å². The number of aliphatic carboxylic acids is 1. The summed E-state index contributed by atoms with van der Waals surface area (Å²) in [6.45, 7) is 2.00. The molecular formula is C13H15N3O2. The molecule has 0 radical (unpaired) electrons. The second-order valence-electron chi connectivity index (χ2n) is 4.06. The number of nitrogens with one attached hydrogen (secondary N) is 2. The van der Waals surface area contributed by atoms with Gasteiger partial charge in [-0.1, -0.05) is 24.3 Å². The Labute approximate surface area is 105 Å². The molecule has 0 bridgehead atoms. The van der Waals surface area contributed by atoms with Gasteiger partial charge in [0.15, 0.2) is 6.04 Å². The number of aryl methyl sites for hydroxylation is 1. The highest BCUT2D eigenvalue weighted by molar-refractivity contribution is 5.75. The van der Waals surface area contributed by atoms with Crippen molar-refractivity contribution in [3.05, 3.63) is 41.9 Å². The number of likely N-dealkylation sites (N-methyl/N-ethyl adjacent to an activating group) is 1. The number of carboxylic acid groups (broad SMARTS) is 1. The Kier molecular flexibility index (Phi) is 3.43. The molecule has 0 aliphatic rings. The van der Waals surface area contributed by atoms with Gasteiger partial charge in [0.05, 0.1) is 11.9 Å². The summed E-state index contributed by atoms with van der Waals surface area (Å²) in [6.07, 6.45) is 1.66. The number of carboxylic acids is 1. The average Bonchev–Trinajstić information content (AvgIpc) is 2.79. The molecule has 0 saturated heterocycles. The van der Waals surface area contributed by atoms with Gasteiger partial charge in [-0.25, -0.2) is 4.98 Å². The van der Waals surface area contributed by atoms with E-state index in [-0.39, 0.29) is 0 Å². The quantitative estimate of drug-likeness (QED) is 0.766. The zero-order valence-electron chi connectivity index (χ0n) is 10.3. The molecule has 0 fully saturated rings. The second-order valence-corrected chi connectivity index (χ2v) is 4.06. The van der Waals surface area contributed by atoms with E-state index in [2.05, 4.69) is 15.3 Å². The van der Waals surface area contributed by atoms with Crippen LogP contribution in [-0.4, -0.2) is 28.1 Å². The van der Waals surface area contributed by atoms with E-state index in [1.807, 2.05) is 31.2 Å². The third kappa shape index (κ3) is 2.26. The topological polar surface area (TPSA) is 78.0 Å². The van der Waals surface area contributed by atoms with Gasteiger partial charge in [-0.15, -0.1) is 0 Å². The van der Waals surface area contributed by atoms with Gasteiger partial charge in [-0.05, 0) is 19.5 Å². The highest BCUT2D eigenvalue weighted by Gasteiger charge is 2.21. The number of nitrogens with zero attached hydrogens (tertiary/aromatic N) is 1. The first-order valence-corrected chi connectivity index (χ1v) is 5.64. The molecule has 2 rings (SSSR count). The van der Waals surface area contributed by atoms with E-state index in [0.29, 0.717) is 5.82 Å². The Bertz CT molecular complexity index is 563.